The second-order valence-corrected chi connectivity index (χ2v) is 7.19. The van der Waals surface area contributed by atoms with Gasteiger partial charge in [0.15, 0.2) is 0 Å². The first-order valence-electron chi connectivity index (χ1n) is 6.11. The second kappa shape index (κ2) is 6.38. The SMILES string of the molecule is CNS(=O)(=O)c1ccc(Sc2cccc(OC)c2)cc1N. The van der Waals surface area contributed by atoms with E-state index in [0.717, 1.165) is 15.5 Å². The van der Waals surface area contributed by atoms with Crippen molar-refractivity contribution < 1.29 is 13.2 Å². The topological polar surface area (TPSA) is 81.4 Å². The molecular weight excluding hydrogens is 308 g/mol. The highest BCUT2D eigenvalue weighted by molar-refractivity contribution is 7.99. The number of nitrogens with two attached hydrogens (primary N) is 1. The minimum Gasteiger partial charge on any atom is -0.497 e. The fraction of sp³-hybridized carbons (Fsp3) is 0.143. The van der Waals surface area contributed by atoms with Gasteiger partial charge in [-0.1, -0.05) is 17.8 Å². The van der Waals surface area contributed by atoms with Gasteiger partial charge in [0.25, 0.3) is 0 Å². The summed E-state index contributed by atoms with van der Waals surface area (Å²) in [6.07, 6.45) is 0. The van der Waals surface area contributed by atoms with Crippen molar-refractivity contribution in [2.24, 2.45) is 0 Å². The van der Waals surface area contributed by atoms with E-state index >= 15 is 0 Å². The van der Waals surface area contributed by atoms with Gasteiger partial charge in [0.05, 0.1) is 12.8 Å². The third-order valence-electron chi connectivity index (χ3n) is 2.82. The summed E-state index contributed by atoms with van der Waals surface area (Å²) in [6, 6.07) is 12.5. The Morgan fingerprint density at radius 3 is 2.48 bits per heavy atom. The van der Waals surface area contributed by atoms with Gasteiger partial charge in [0, 0.05) is 9.79 Å². The Hall–Kier alpha value is -1.70. The normalized spacial score (nSPS) is 11.3. The van der Waals surface area contributed by atoms with E-state index < -0.39 is 10.0 Å². The third-order valence-corrected chi connectivity index (χ3v) is 5.28. The molecule has 0 bridgehead atoms. The zero-order valence-electron chi connectivity index (χ0n) is 11.7. The summed E-state index contributed by atoms with van der Waals surface area (Å²) in [5.74, 6) is 0.766. The molecule has 0 atom stereocenters. The van der Waals surface area contributed by atoms with Crippen LogP contribution in [0, 0.1) is 0 Å². The molecule has 0 saturated carbocycles. The molecule has 0 radical (unpaired) electrons. The summed E-state index contributed by atoms with van der Waals surface area (Å²) in [4.78, 5) is 1.92. The summed E-state index contributed by atoms with van der Waals surface area (Å²) in [7, 11) is -0.568. The lowest BCUT2D eigenvalue weighted by molar-refractivity contribution is 0.413. The molecule has 0 aliphatic carbocycles. The molecule has 0 aliphatic heterocycles. The summed E-state index contributed by atoms with van der Waals surface area (Å²) >= 11 is 1.48. The summed E-state index contributed by atoms with van der Waals surface area (Å²) in [6.45, 7) is 0. The number of rotatable bonds is 5. The molecule has 0 aromatic heterocycles. The molecule has 3 N–H and O–H groups in total. The fourth-order valence-electron chi connectivity index (χ4n) is 1.75. The smallest absolute Gasteiger partial charge is 0.242 e. The molecule has 112 valence electrons. The van der Waals surface area contributed by atoms with Gasteiger partial charge in [0.1, 0.15) is 10.6 Å². The van der Waals surface area contributed by atoms with Crippen LogP contribution >= 0.6 is 11.8 Å². The van der Waals surface area contributed by atoms with Crippen molar-refractivity contribution in [2.75, 3.05) is 19.9 Å². The van der Waals surface area contributed by atoms with Gasteiger partial charge in [-0.3, -0.25) is 0 Å². The quantitative estimate of drug-likeness (QED) is 0.825. The lowest BCUT2D eigenvalue weighted by atomic mass is 10.3. The predicted octanol–water partition coefficient (Wildman–Crippen LogP) is 2.34. The maximum atomic E-state index is 11.8. The van der Waals surface area contributed by atoms with Crippen molar-refractivity contribution in [3.05, 3.63) is 42.5 Å². The standard InChI is InChI=1S/C14H16N2O3S2/c1-16-21(17,18)14-7-6-12(9-13(14)15)20-11-5-3-4-10(8-11)19-2/h3-9,16H,15H2,1-2H3. The predicted molar refractivity (Wildman–Crippen MR) is 84.2 cm³/mol. The van der Waals surface area contributed by atoms with E-state index in [2.05, 4.69) is 4.72 Å². The van der Waals surface area contributed by atoms with E-state index in [1.807, 2.05) is 24.3 Å². The molecule has 0 heterocycles. The molecule has 2 aromatic carbocycles. The van der Waals surface area contributed by atoms with Crippen LogP contribution in [0.25, 0.3) is 0 Å². The number of ether oxygens (including phenoxy) is 1. The number of hydrogen-bond donors (Lipinski definition) is 2. The molecule has 0 fully saturated rings. The van der Waals surface area contributed by atoms with Crippen LogP contribution in [-0.2, 0) is 10.0 Å². The molecule has 2 rings (SSSR count). The molecule has 7 heteroatoms. The van der Waals surface area contributed by atoms with E-state index in [1.54, 1.807) is 19.2 Å². The zero-order valence-corrected chi connectivity index (χ0v) is 13.3. The molecule has 0 saturated heterocycles. The number of methoxy groups -OCH3 is 1. The third kappa shape index (κ3) is 3.69. The lowest BCUT2D eigenvalue weighted by Crippen LogP contribution is -2.19. The van der Waals surface area contributed by atoms with E-state index in [1.165, 1.54) is 24.9 Å². The Kier molecular flexibility index (Phi) is 4.76. The number of nitrogens with one attached hydrogen (secondary N) is 1. The van der Waals surface area contributed by atoms with Crippen LogP contribution in [0.1, 0.15) is 0 Å². The summed E-state index contributed by atoms with van der Waals surface area (Å²) in [5.41, 5.74) is 6.06. The first-order valence-corrected chi connectivity index (χ1v) is 8.41. The number of anilines is 1. The number of hydrogen-bond acceptors (Lipinski definition) is 5. The second-order valence-electron chi connectivity index (χ2n) is 4.19. The lowest BCUT2D eigenvalue weighted by Gasteiger charge is -2.09. The van der Waals surface area contributed by atoms with Crippen LogP contribution in [0.4, 0.5) is 5.69 Å². The Bertz CT molecular complexity index is 746. The van der Waals surface area contributed by atoms with Crippen molar-refractivity contribution in [3.63, 3.8) is 0 Å². The summed E-state index contributed by atoms with van der Waals surface area (Å²) in [5, 5.41) is 0. The number of nitrogen functional groups attached to an aromatic ring is 1. The van der Waals surface area contributed by atoms with E-state index in [4.69, 9.17) is 10.5 Å². The average molecular weight is 324 g/mol. The molecule has 0 amide bonds. The average Bonchev–Trinajstić information content (AvgIpc) is 2.47. The van der Waals surface area contributed by atoms with Gasteiger partial charge in [0.2, 0.25) is 10.0 Å². The van der Waals surface area contributed by atoms with E-state index in [9.17, 15) is 8.42 Å². The maximum absolute atomic E-state index is 11.8. The van der Waals surface area contributed by atoms with Gasteiger partial charge < -0.3 is 10.5 Å². The van der Waals surface area contributed by atoms with Crippen molar-refractivity contribution in [2.45, 2.75) is 14.7 Å². The van der Waals surface area contributed by atoms with Gasteiger partial charge in [-0.25, -0.2) is 13.1 Å². The monoisotopic (exact) mass is 324 g/mol. The van der Waals surface area contributed by atoms with Crippen LogP contribution in [0.3, 0.4) is 0 Å². The van der Waals surface area contributed by atoms with E-state index in [-0.39, 0.29) is 10.6 Å². The van der Waals surface area contributed by atoms with Crippen molar-refractivity contribution in [3.8, 4) is 5.75 Å². The molecule has 5 nitrogen and oxygen atoms in total. The summed E-state index contributed by atoms with van der Waals surface area (Å²) < 4.78 is 30.9. The highest BCUT2D eigenvalue weighted by atomic mass is 32.2. The van der Waals surface area contributed by atoms with Crippen molar-refractivity contribution in [1.82, 2.24) is 4.72 Å². The fourth-order valence-corrected chi connectivity index (χ4v) is 3.50. The Labute approximate surface area is 128 Å². The number of benzene rings is 2. The van der Waals surface area contributed by atoms with Gasteiger partial charge in [-0.2, -0.15) is 0 Å². The highest BCUT2D eigenvalue weighted by Crippen LogP contribution is 2.32. The van der Waals surface area contributed by atoms with Crippen molar-refractivity contribution in [1.29, 1.82) is 0 Å². The van der Waals surface area contributed by atoms with Crippen LogP contribution in [0.5, 0.6) is 5.75 Å². The van der Waals surface area contributed by atoms with Crippen molar-refractivity contribution >= 4 is 27.5 Å². The van der Waals surface area contributed by atoms with Gasteiger partial charge in [-0.15, -0.1) is 0 Å². The zero-order chi connectivity index (χ0) is 15.5. The van der Waals surface area contributed by atoms with Crippen LogP contribution < -0.4 is 15.2 Å². The Morgan fingerprint density at radius 1 is 1.14 bits per heavy atom. The largest absolute Gasteiger partial charge is 0.497 e. The molecule has 0 spiro atoms. The molecular formula is C14H16N2O3S2. The maximum Gasteiger partial charge on any atom is 0.242 e. The van der Waals surface area contributed by atoms with E-state index in [0.29, 0.717) is 0 Å². The first kappa shape index (κ1) is 15.7. The Balaban J connectivity index is 2.28. The van der Waals surface area contributed by atoms with Crippen LogP contribution in [-0.4, -0.2) is 22.6 Å². The number of sulfonamides is 1. The van der Waals surface area contributed by atoms with Gasteiger partial charge >= 0.3 is 0 Å². The van der Waals surface area contributed by atoms with Crippen LogP contribution in [0.2, 0.25) is 0 Å². The molecule has 0 aliphatic rings. The van der Waals surface area contributed by atoms with Gasteiger partial charge in [-0.05, 0) is 43.4 Å². The minimum absolute atomic E-state index is 0.0833. The highest BCUT2D eigenvalue weighted by Gasteiger charge is 2.15. The Morgan fingerprint density at radius 2 is 1.86 bits per heavy atom. The molecule has 21 heavy (non-hydrogen) atoms. The van der Waals surface area contributed by atoms with Crippen LogP contribution in [0.15, 0.2) is 57.2 Å². The molecule has 2 aromatic rings. The first-order chi connectivity index (χ1) is 9.96. The minimum atomic E-state index is -3.53. The molecule has 0 unspecified atom stereocenters.